The maximum absolute atomic E-state index is 13.8. The molecule has 0 saturated carbocycles. The number of benzene rings is 2. The second-order valence-electron chi connectivity index (χ2n) is 8.44. The lowest BCUT2D eigenvalue weighted by Gasteiger charge is -2.32. The molecule has 6 nitrogen and oxygen atoms in total. The number of nitrogens with two attached hydrogens (primary N) is 1. The molecule has 3 aromatic rings. The lowest BCUT2D eigenvalue weighted by Crippen LogP contribution is -2.41. The summed E-state index contributed by atoms with van der Waals surface area (Å²) in [6, 6.07) is 10.7. The molecule has 0 bridgehead atoms. The van der Waals surface area contributed by atoms with E-state index in [0.717, 1.165) is 27.5 Å². The monoisotopic (exact) mass is 426 g/mol. The first kappa shape index (κ1) is 22.8. The molecule has 1 aliphatic rings. The minimum Gasteiger partial charge on any atom is -0.496 e. The maximum Gasteiger partial charge on any atom is 0.495 e. The van der Waals surface area contributed by atoms with Gasteiger partial charge in [0.25, 0.3) is 0 Å². The van der Waals surface area contributed by atoms with Gasteiger partial charge < -0.3 is 24.8 Å². The van der Waals surface area contributed by atoms with E-state index in [1.165, 1.54) is 12.1 Å². The van der Waals surface area contributed by atoms with Crippen LogP contribution in [-0.4, -0.2) is 36.8 Å². The predicted molar refractivity (Wildman–Crippen MR) is 120 cm³/mol. The highest BCUT2D eigenvalue weighted by atomic mass is 19.1. The predicted octanol–water partition coefficient (Wildman–Crippen LogP) is 3.31. The summed E-state index contributed by atoms with van der Waals surface area (Å²) < 4.78 is 31.6. The number of hydrogen-bond acceptors (Lipinski definition) is 4. The van der Waals surface area contributed by atoms with E-state index in [9.17, 15) is 4.39 Å². The molecule has 0 unspecified atom stereocenters. The molecular weight excluding hydrogens is 398 g/mol. The first-order valence-corrected chi connectivity index (χ1v) is 10.1. The van der Waals surface area contributed by atoms with Gasteiger partial charge in [-0.1, -0.05) is 12.1 Å². The van der Waals surface area contributed by atoms with Crippen LogP contribution in [0.3, 0.4) is 0 Å². The Morgan fingerprint density at radius 3 is 2.35 bits per heavy atom. The van der Waals surface area contributed by atoms with Crippen molar-refractivity contribution in [1.29, 1.82) is 0 Å². The average Bonchev–Trinajstić information content (AvgIpc) is 3.25. The molecule has 0 radical (unpaired) electrons. The SMILES string of the molecule is COc1ccc(F)cc1Cc1ccc(B2OC(C)(C)C(C)(C)O2)c2cc[nH]c12.NC=O. The van der Waals surface area contributed by atoms with Crippen LogP contribution in [-0.2, 0) is 20.5 Å². The van der Waals surface area contributed by atoms with Gasteiger partial charge in [0.15, 0.2) is 0 Å². The number of amides is 1. The third kappa shape index (κ3) is 4.45. The average molecular weight is 426 g/mol. The molecule has 0 atom stereocenters. The van der Waals surface area contributed by atoms with E-state index in [1.807, 2.05) is 52.1 Å². The number of halogens is 1. The number of aromatic nitrogens is 1. The standard InChI is InChI=1S/C22H25BFNO3.CH3NO/c1-21(2)22(3,4)28-23(27-21)18-8-6-14(20-17(18)10-11-25-20)12-15-13-16(24)7-9-19(15)26-5;2-1-3/h6-11,13,25H,12H2,1-5H3;1H,(H2,2,3). The van der Waals surface area contributed by atoms with Gasteiger partial charge in [-0.2, -0.15) is 0 Å². The Hall–Kier alpha value is -2.84. The van der Waals surface area contributed by atoms with Crippen molar-refractivity contribution in [3.8, 4) is 5.75 Å². The summed E-state index contributed by atoms with van der Waals surface area (Å²) in [5.41, 5.74) is 7.23. The fourth-order valence-electron chi connectivity index (χ4n) is 3.65. The van der Waals surface area contributed by atoms with Crippen LogP contribution in [0.4, 0.5) is 4.39 Å². The molecule has 1 aromatic heterocycles. The summed E-state index contributed by atoms with van der Waals surface area (Å²) in [7, 11) is 1.17. The van der Waals surface area contributed by atoms with Crippen LogP contribution in [0.15, 0.2) is 42.6 Å². The second-order valence-corrected chi connectivity index (χ2v) is 8.44. The molecule has 2 heterocycles. The van der Waals surface area contributed by atoms with E-state index in [0.29, 0.717) is 12.2 Å². The number of methoxy groups -OCH3 is 1. The Balaban J connectivity index is 0.000000858. The lowest BCUT2D eigenvalue weighted by molar-refractivity contribution is -0.106. The Bertz CT molecular complexity index is 1060. The van der Waals surface area contributed by atoms with Gasteiger partial charge in [-0.25, -0.2) is 4.39 Å². The van der Waals surface area contributed by atoms with Crippen LogP contribution < -0.4 is 15.9 Å². The van der Waals surface area contributed by atoms with E-state index >= 15 is 0 Å². The smallest absolute Gasteiger partial charge is 0.495 e. The molecule has 1 aliphatic heterocycles. The highest BCUT2D eigenvalue weighted by Crippen LogP contribution is 2.37. The summed E-state index contributed by atoms with van der Waals surface area (Å²) in [5.74, 6) is 0.406. The number of carbonyl (C=O) groups is 1. The van der Waals surface area contributed by atoms with Gasteiger partial charge in [-0.3, -0.25) is 4.79 Å². The van der Waals surface area contributed by atoms with Crippen molar-refractivity contribution in [3.05, 3.63) is 59.5 Å². The summed E-state index contributed by atoms with van der Waals surface area (Å²) in [4.78, 5) is 11.9. The molecule has 4 rings (SSSR count). The number of fused-ring (bicyclic) bond motifs is 1. The number of hydrogen-bond donors (Lipinski definition) is 2. The zero-order valence-corrected chi connectivity index (χ0v) is 18.5. The molecule has 1 amide bonds. The Kier molecular flexibility index (Phi) is 6.43. The largest absolute Gasteiger partial charge is 0.496 e. The van der Waals surface area contributed by atoms with Gasteiger partial charge in [0.2, 0.25) is 6.41 Å². The van der Waals surface area contributed by atoms with Crippen LogP contribution in [0.1, 0.15) is 38.8 Å². The van der Waals surface area contributed by atoms with Crippen LogP contribution in [0.5, 0.6) is 5.75 Å². The van der Waals surface area contributed by atoms with Gasteiger partial charge in [-0.15, -0.1) is 0 Å². The van der Waals surface area contributed by atoms with Crippen LogP contribution >= 0.6 is 0 Å². The van der Waals surface area contributed by atoms with Gasteiger partial charge in [0.1, 0.15) is 11.6 Å². The maximum atomic E-state index is 13.8. The van der Waals surface area contributed by atoms with Gasteiger partial charge in [-0.05, 0) is 68.4 Å². The van der Waals surface area contributed by atoms with Crippen molar-refractivity contribution in [1.82, 2.24) is 4.98 Å². The molecule has 3 N–H and O–H groups in total. The van der Waals surface area contributed by atoms with E-state index < -0.39 is 18.3 Å². The first-order chi connectivity index (χ1) is 14.6. The molecule has 164 valence electrons. The lowest BCUT2D eigenvalue weighted by atomic mass is 9.76. The number of primary amides is 1. The fraction of sp³-hybridized carbons (Fsp3) is 0.348. The molecule has 8 heteroatoms. The quantitative estimate of drug-likeness (QED) is 0.495. The van der Waals surface area contributed by atoms with Crippen LogP contribution in [0.2, 0.25) is 0 Å². The minimum absolute atomic E-state index is 0.250. The third-order valence-electron chi connectivity index (χ3n) is 5.97. The number of ether oxygens (including phenoxy) is 1. The highest BCUT2D eigenvalue weighted by molar-refractivity contribution is 6.65. The van der Waals surface area contributed by atoms with Gasteiger partial charge in [0.05, 0.1) is 18.3 Å². The van der Waals surface area contributed by atoms with Crippen molar-refractivity contribution in [2.75, 3.05) is 7.11 Å². The van der Waals surface area contributed by atoms with E-state index in [1.54, 1.807) is 13.2 Å². The van der Waals surface area contributed by atoms with E-state index in [2.05, 4.69) is 10.7 Å². The first-order valence-electron chi connectivity index (χ1n) is 10.1. The second kappa shape index (κ2) is 8.73. The number of aromatic amines is 1. The number of carbonyl (C=O) groups excluding carboxylic acids is 1. The highest BCUT2D eigenvalue weighted by Gasteiger charge is 2.52. The molecule has 0 aliphatic carbocycles. The van der Waals surface area contributed by atoms with Crippen molar-refractivity contribution < 1.29 is 23.2 Å². The zero-order chi connectivity index (χ0) is 22.8. The van der Waals surface area contributed by atoms with Gasteiger partial charge >= 0.3 is 7.12 Å². The number of H-pyrrole nitrogens is 1. The molecular formula is C23H28BFN2O4. The fourth-order valence-corrected chi connectivity index (χ4v) is 3.65. The number of nitrogens with one attached hydrogen (secondary N) is 1. The van der Waals surface area contributed by atoms with E-state index in [4.69, 9.17) is 18.8 Å². The summed E-state index contributed by atoms with van der Waals surface area (Å²) >= 11 is 0. The summed E-state index contributed by atoms with van der Waals surface area (Å²) in [5, 5.41) is 1.05. The van der Waals surface area contributed by atoms with Crippen molar-refractivity contribution >= 4 is 29.9 Å². The molecule has 31 heavy (non-hydrogen) atoms. The third-order valence-corrected chi connectivity index (χ3v) is 5.97. The van der Waals surface area contributed by atoms with Crippen LogP contribution in [0, 0.1) is 5.82 Å². The Morgan fingerprint density at radius 2 is 1.74 bits per heavy atom. The van der Waals surface area contributed by atoms with Crippen LogP contribution in [0.25, 0.3) is 10.9 Å². The molecule has 1 saturated heterocycles. The molecule has 0 spiro atoms. The number of rotatable bonds is 4. The molecule has 1 fully saturated rings. The normalized spacial score (nSPS) is 16.6. The summed E-state index contributed by atoms with van der Waals surface area (Å²) in [6.07, 6.45) is 2.72. The Morgan fingerprint density at radius 1 is 1.10 bits per heavy atom. The molecule has 2 aromatic carbocycles. The topological polar surface area (TPSA) is 86.6 Å². The minimum atomic E-state index is -0.430. The van der Waals surface area contributed by atoms with Crippen molar-refractivity contribution in [3.63, 3.8) is 0 Å². The zero-order valence-electron chi connectivity index (χ0n) is 18.5. The van der Waals surface area contributed by atoms with E-state index in [-0.39, 0.29) is 12.2 Å². The Labute approximate surface area is 182 Å². The van der Waals surface area contributed by atoms with Gasteiger partial charge in [0, 0.05) is 23.7 Å². The summed E-state index contributed by atoms with van der Waals surface area (Å²) in [6.45, 7) is 8.19. The van der Waals surface area contributed by atoms with Crippen molar-refractivity contribution in [2.24, 2.45) is 5.73 Å². The van der Waals surface area contributed by atoms with Crippen molar-refractivity contribution in [2.45, 2.75) is 45.3 Å².